The number of nitriles is 1. The average molecular weight is 668 g/mol. The summed E-state index contributed by atoms with van der Waals surface area (Å²) in [6.07, 6.45) is -3.72. The summed E-state index contributed by atoms with van der Waals surface area (Å²) in [4.78, 5) is 32.1. The van der Waals surface area contributed by atoms with Crippen LogP contribution in [0.4, 0.5) is 42.5 Å². The predicted molar refractivity (Wildman–Crippen MR) is 155 cm³/mol. The molecule has 0 radical (unpaired) electrons. The maximum absolute atomic E-state index is 15.2. The molecule has 1 unspecified atom stereocenters. The quantitative estimate of drug-likeness (QED) is 0.205. The van der Waals surface area contributed by atoms with Crippen LogP contribution in [0.25, 0.3) is 16.8 Å². The molecule has 0 spiro atoms. The third-order valence-electron chi connectivity index (χ3n) is 8.00. The summed E-state index contributed by atoms with van der Waals surface area (Å²) in [5, 5.41) is 19.3. The Morgan fingerprint density at radius 1 is 1.06 bits per heavy atom. The molecule has 0 fully saturated rings. The van der Waals surface area contributed by atoms with Gasteiger partial charge in [0.2, 0.25) is 0 Å². The SMILES string of the molecule is N#Cc1c(-c2cc(NC(=O)c3cc(F)cc(C(F)(F)F)c3)c3c4c2CCN4C(=O)NC3c2cc(F)ccc2Cl)cc(F)c2ncnn12. The Hall–Kier alpha value is -5.62. The highest BCUT2D eigenvalue weighted by Gasteiger charge is 2.41. The van der Waals surface area contributed by atoms with Crippen LogP contribution < -0.4 is 15.5 Å². The molecule has 236 valence electrons. The summed E-state index contributed by atoms with van der Waals surface area (Å²) in [6, 6.07) is 7.31. The summed E-state index contributed by atoms with van der Waals surface area (Å²) in [6.45, 7) is 0.108. The molecule has 3 amide bonds. The largest absolute Gasteiger partial charge is 0.416 e. The predicted octanol–water partition coefficient (Wildman–Crippen LogP) is 6.78. The molecule has 2 aliphatic rings. The van der Waals surface area contributed by atoms with Crippen molar-refractivity contribution in [2.45, 2.75) is 18.6 Å². The van der Waals surface area contributed by atoms with Gasteiger partial charge in [-0.2, -0.15) is 28.0 Å². The van der Waals surface area contributed by atoms with Gasteiger partial charge in [-0.25, -0.2) is 22.9 Å². The van der Waals surface area contributed by atoms with Gasteiger partial charge in [-0.05, 0) is 66.1 Å². The fourth-order valence-corrected chi connectivity index (χ4v) is 6.27. The summed E-state index contributed by atoms with van der Waals surface area (Å²) < 4.78 is 85.5. The number of nitrogens with zero attached hydrogens (tertiary/aromatic N) is 5. The van der Waals surface area contributed by atoms with Gasteiger partial charge < -0.3 is 10.6 Å². The van der Waals surface area contributed by atoms with Crippen LogP contribution in [0.2, 0.25) is 5.02 Å². The molecule has 5 aromatic rings. The number of fused-ring (bicyclic) bond motifs is 1. The minimum atomic E-state index is -4.97. The second-order valence-electron chi connectivity index (χ2n) is 10.7. The molecule has 0 bridgehead atoms. The Morgan fingerprint density at radius 2 is 1.85 bits per heavy atom. The number of pyridine rings is 1. The Kier molecular flexibility index (Phi) is 6.86. The smallest absolute Gasteiger partial charge is 0.327 e. The third-order valence-corrected chi connectivity index (χ3v) is 8.35. The second-order valence-corrected chi connectivity index (χ2v) is 11.1. The van der Waals surface area contributed by atoms with E-state index >= 15 is 4.39 Å². The molecule has 9 nitrogen and oxygen atoms in total. The van der Waals surface area contributed by atoms with Crippen molar-refractivity contribution in [2.75, 3.05) is 16.8 Å². The van der Waals surface area contributed by atoms with Gasteiger partial charge in [-0.3, -0.25) is 9.69 Å². The number of hydrogen-bond acceptors (Lipinski definition) is 5. The standard InChI is InChI=1S/C31H16ClF6N7O2/c32-21-2-1-15(33)8-20(21)26-25-23(42-29(46)13-5-14(31(36,37)38)7-16(34)6-13)10-18(17-3-4-44(27(17)25)30(47)43-26)19-9-22(35)28-40-12-41-45(28)24(19)11-39/h1-2,5-10,12,26H,3-4H2,(H,42,46)(H,43,47). The van der Waals surface area contributed by atoms with Gasteiger partial charge >= 0.3 is 12.2 Å². The lowest BCUT2D eigenvalue weighted by Crippen LogP contribution is -2.46. The first-order chi connectivity index (χ1) is 22.3. The Balaban J connectivity index is 1.50. The highest BCUT2D eigenvalue weighted by Crippen LogP contribution is 2.50. The van der Waals surface area contributed by atoms with Crippen LogP contribution in [-0.4, -0.2) is 33.1 Å². The molecule has 1 atom stereocenters. The van der Waals surface area contributed by atoms with E-state index in [2.05, 4.69) is 20.7 Å². The number of halogens is 7. The molecule has 2 N–H and O–H groups in total. The van der Waals surface area contributed by atoms with E-state index in [9.17, 15) is 36.8 Å². The lowest BCUT2D eigenvalue weighted by atomic mass is 9.87. The fraction of sp³-hybridized carbons (Fsp3) is 0.129. The van der Waals surface area contributed by atoms with E-state index in [0.29, 0.717) is 17.7 Å². The summed E-state index contributed by atoms with van der Waals surface area (Å²) in [7, 11) is 0. The number of aromatic nitrogens is 3. The average Bonchev–Trinajstić information content (AvgIpc) is 3.69. The minimum absolute atomic E-state index is 0.00887. The van der Waals surface area contributed by atoms with Crippen molar-refractivity contribution in [3.8, 4) is 17.2 Å². The Morgan fingerprint density at radius 3 is 2.60 bits per heavy atom. The van der Waals surface area contributed by atoms with E-state index in [1.165, 1.54) is 17.0 Å². The van der Waals surface area contributed by atoms with E-state index in [0.717, 1.165) is 29.0 Å². The van der Waals surface area contributed by atoms with Crippen LogP contribution in [0.15, 0.2) is 54.9 Å². The second kappa shape index (κ2) is 10.7. The van der Waals surface area contributed by atoms with Gasteiger partial charge in [0.05, 0.1) is 17.3 Å². The van der Waals surface area contributed by atoms with Crippen molar-refractivity contribution >= 4 is 40.6 Å². The van der Waals surface area contributed by atoms with Gasteiger partial charge in [-0.1, -0.05) is 11.6 Å². The summed E-state index contributed by atoms with van der Waals surface area (Å²) in [5.41, 5.74) is -1.45. The minimum Gasteiger partial charge on any atom is -0.327 e. The van der Waals surface area contributed by atoms with E-state index in [1.807, 2.05) is 6.07 Å². The number of urea groups is 1. The molecule has 47 heavy (non-hydrogen) atoms. The molecule has 16 heteroatoms. The molecule has 7 rings (SSSR count). The Bertz CT molecular complexity index is 2230. The molecule has 2 aliphatic heterocycles. The van der Waals surface area contributed by atoms with Gasteiger partial charge in [0.1, 0.15) is 24.0 Å². The van der Waals surface area contributed by atoms with Crippen molar-refractivity contribution in [3.63, 3.8) is 0 Å². The number of hydrogen-bond donors (Lipinski definition) is 2. The highest BCUT2D eigenvalue weighted by atomic mass is 35.5. The van der Waals surface area contributed by atoms with Crippen LogP contribution in [-0.2, 0) is 12.6 Å². The van der Waals surface area contributed by atoms with Crippen LogP contribution in [0.5, 0.6) is 0 Å². The van der Waals surface area contributed by atoms with E-state index in [-0.39, 0.29) is 69.0 Å². The van der Waals surface area contributed by atoms with Crippen molar-refractivity contribution < 1.29 is 35.9 Å². The van der Waals surface area contributed by atoms with Crippen LogP contribution in [0, 0.1) is 28.8 Å². The number of nitrogens with one attached hydrogen (secondary N) is 2. The first-order valence-corrected chi connectivity index (χ1v) is 14.1. The van der Waals surface area contributed by atoms with Crippen molar-refractivity contribution in [3.05, 3.63) is 111 Å². The number of alkyl halides is 3. The number of benzene rings is 3. The molecular formula is C31H16ClF6N7O2. The molecule has 3 aromatic carbocycles. The van der Waals surface area contributed by atoms with Gasteiger partial charge in [0.25, 0.3) is 5.91 Å². The number of carbonyl (C=O) groups excluding carboxylic acids is 2. The lowest BCUT2D eigenvalue weighted by molar-refractivity contribution is -0.137. The topological polar surface area (TPSA) is 115 Å². The van der Waals surface area contributed by atoms with Crippen LogP contribution in [0.1, 0.15) is 44.3 Å². The zero-order valence-corrected chi connectivity index (χ0v) is 24.1. The zero-order valence-electron chi connectivity index (χ0n) is 23.4. The fourth-order valence-electron chi connectivity index (χ4n) is 6.04. The number of anilines is 2. The highest BCUT2D eigenvalue weighted by molar-refractivity contribution is 6.31. The van der Waals surface area contributed by atoms with Crippen LogP contribution in [0.3, 0.4) is 0 Å². The Labute approximate surface area is 265 Å². The van der Waals surface area contributed by atoms with E-state index in [4.69, 9.17) is 11.6 Å². The van der Waals surface area contributed by atoms with E-state index in [1.54, 1.807) is 0 Å². The zero-order chi connectivity index (χ0) is 33.4. The summed E-state index contributed by atoms with van der Waals surface area (Å²) in [5.74, 6) is -4.03. The van der Waals surface area contributed by atoms with Gasteiger partial charge in [0.15, 0.2) is 17.2 Å². The van der Waals surface area contributed by atoms with Gasteiger partial charge in [0, 0.05) is 39.5 Å². The molecule has 0 aliphatic carbocycles. The van der Waals surface area contributed by atoms with Crippen molar-refractivity contribution in [2.24, 2.45) is 0 Å². The number of rotatable bonds is 4. The van der Waals surface area contributed by atoms with Gasteiger partial charge in [-0.15, -0.1) is 0 Å². The molecular weight excluding hydrogens is 652 g/mol. The maximum Gasteiger partial charge on any atom is 0.416 e. The van der Waals surface area contributed by atoms with E-state index < -0.39 is 52.7 Å². The van der Waals surface area contributed by atoms with Crippen molar-refractivity contribution in [1.82, 2.24) is 19.9 Å². The number of amides is 3. The molecule has 4 heterocycles. The first-order valence-electron chi connectivity index (χ1n) is 13.7. The molecule has 0 saturated heterocycles. The lowest BCUT2D eigenvalue weighted by Gasteiger charge is -2.35. The third kappa shape index (κ3) is 4.88. The maximum atomic E-state index is 15.2. The summed E-state index contributed by atoms with van der Waals surface area (Å²) >= 11 is 6.44. The normalized spacial score (nSPS) is 15.4. The van der Waals surface area contributed by atoms with Crippen LogP contribution >= 0.6 is 11.6 Å². The monoisotopic (exact) mass is 667 g/mol. The number of carbonyl (C=O) groups is 2. The molecule has 0 saturated carbocycles. The first kappa shape index (κ1) is 30.1. The molecule has 2 aromatic heterocycles. The van der Waals surface area contributed by atoms with Crippen molar-refractivity contribution in [1.29, 1.82) is 5.26 Å².